The maximum Gasteiger partial charge on any atom is 0.430 e. The maximum absolute atomic E-state index is 14.1. The van der Waals surface area contributed by atoms with Crippen LogP contribution >= 0.6 is 0 Å². The van der Waals surface area contributed by atoms with Crippen LogP contribution in [-0.2, 0) is 19.9 Å². The minimum Gasteiger partial charge on any atom is -0.356 e. The van der Waals surface area contributed by atoms with Crippen LogP contribution in [0.3, 0.4) is 0 Å². The first-order valence-corrected chi connectivity index (χ1v) is 8.84. The van der Waals surface area contributed by atoms with Crippen LogP contribution in [-0.4, -0.2) is 42.5 Å². The topological polar surface area (TPSA) is 46.6 Å². The fraction of sp³-hybridized carbons (Fsp3) is 0.579. The van der Waals surface area contributed by atoms with Gasteiger partial charge in [0, 0.05) is 37.6 Å². The maximum atomic E-state index is 14.1. The number of alkyl halides is 3. The van der Waals surface area contributed by atoms with E-state index in [1.807, 2.05) is 0 Å². The zero-order chi connectivity index (χ0) is 18.9. The molecule has 1 amide bonds. The molecule has 7 heteroatoms. The number of hydrogen-bond donors (Lipinski definition) is 0. The Kier molecular flexibility index (Phi) is 5.10. The zero-order valence-corrected chi connectivity index (χ0v) is 14.6. The Labute approximate surface area is 150 Å². The first-order valence-electron chi connectivity index (χ1n) is 8.84. The van der Waals surface area contributed by atoms with Gasteiger partial charge >= 0.3 is 6.18 Å². The molecule has 2 aliphatic rings. The van der Waals surface area contributed by atoms with Gasteiger partial charge in [-0.05, 0) is 19.3 Å². The van der Waals surface area contributed by atoms with Crippen molar-refractivity contribution in [2.45, 2.75) is 49.9 Å². The van der Waals surface area contributed by atoms with E-state index < -0.39 is 23.7 Å². The van der Waals surface area contributed by atoms with Gasteiger partial charge in [-0.1, -0.05) is 36.8 Å². The standard InChI is InChI=1S/C19H22F3NO3/c1-26-18(19(20,21)22,13-7-3-2-4-8-13)17(25)23-12-6-5-9-14-15(23)10-11-16(14)24/h2-4,7-8,14-15H,5-6,9-12H2,1H3/t14-,15+,18-/m1/s1. The third kappa shape index (κ3) is 2.92. The molecule has 1 saturated carbocycles. The van der Waals surface area contributed by atoms with Crippen LogP contribution in [0.25, 0.3) is 0 Å². The summed E-state index contributed by atoms with van der Waals surface area (Å²) < 4.78 is 47.4. The van der Waals surface area contributed by atoms with Crippen LogP contribution in [0.15, 0.2) is 30.3 Å². The lowest BCUT2D eigenvalue weighted by Gasteiger charge is -2.40. The Morgan fingerprint density at radius 3 is 2.46 bits per heavy atom. The monoisotopic (exact) mass is 369 g/mol. The highest BCUT2D eigenvalue weighted by Crippen LogP contribution is 2.45. The summed E-state index contributed by atoms with van der Waals surface area (Å²) in [5.74, 6) is -1.44. The lowest BCUT2D eigenvalue weighted by atomic mass is 9.89. The molecular formula is C19H22F3NO3. The minimum atomic E-state index is -4.93. The fourth-order valence-corrected chi connectivity index (χ4v) is 4.29. The predicted octanol–water partition coefficient (Wildman–Crippen LogP) is 3.45. The molecule has 0 bridgehead atoms. The molecule has 2 fully saturated rings. The highest BCUT2D eigenvalue weighted by Gasteiger charge is 2.64. The van der Waals surface area contributed by atoms with Gasteiger partial charge in [0.25, 0.3) is 11.5 Å². The number of likely N-dealkylation sites (tertiary alicyclic amines) is 1. The summed E-state index contributed by atoms with van der Waals surface area (Å²) in [6.07, 6.45) is -2.25. The fourth-order valence-electron chi connectivity index (χ4n) is 4.29. The summed E-state index contributed by atoms with van der Waals surface area (Å²) in [5.41, 5.74) is -3.31. The van der Waals surface area contributed by atoms with Gasteiger partial charge in [-0.2, -0.15) is 13.2 Å². The third-order valence-corrected chi connectivity index (χ3v) is 5.58. The van der Waals surface area contributed by atoms with Crippen LogP contribution < -0.4 is 0 Å². The second kappa shape index (κ2) is 7.02. The highest BCUT2D eigenvalue weighted by molar-refractivity contribution is 5.90. The van der Waals surface area contributed by atoms with E-state index in [-0.39, 0.29) is 23.8 Å². The van der Waals surface area contributed by atoms with E-state index in [1.54, 1.807) is 6.07 Å². The molecule has 1 aromatic carbocycles. The molecular weight excluding hydrogens is 347 g/mol. The smallest absolute Gasteiger partial charge is 0.356 e. The normalized spacial score (nSPS) is 26.2. The number of methoxy groups -OCH3 is 1. The van der Waals surface area contributed by atoms with Gasteiger partial charge in [-0.25, -0.2) is 0 Å². The van der Waals surface area contributed by atoms with Crippen molar-refractivity contribution in [3.8, 4) is 0 Å². The summed E-state index contributed by atoms with van der Waals surface area (Å²) in [4.78, 5) is 26.7. The molecule has 26 heavy (non-hydrogen) atoms. The Morgan fingerprint density at radius 2 is 1.85 bits per heavy atom. The van der Waals surface area contributed by atoms with Gasteiger partial charge < -0.3 is 9.64 Å². The van der Waals surface area contributed by atoms with Gasteiger partial charge in [0.1, 0.15) is 5.78 Å². The van der Waals surface area contributed by atoms with E-state index >= 15 is 0 Å². The molecule has 1 aliphatic heterocycles. The van der Waals surface area contributed by atoms with Crippen molar-refractivity contribution in [3.05, 3.63) is 35.9 Å². The van der Waals surface area contributed by atoms with E-state index in [0.29, 0.717) is 25.7 Å². The molecule has 0 radical (unpaired) electrons. The molecule has 0 aromatic heterocycles. The van der Waals surface area contributed by atoms with Gasteiger partial charge in [-0.3, -0.25) is 9.59 Å². The van der Waals surface area contributed by atoms with Crippen LogP contribution in [0.5, 0.6) is 0 Å². The number of halogens is 3. The third-order valence-electron chi connectivity index (χ3n) is 5.58. The molecule has 1 aliphatic carbocycles. The average Bonchev–Trinajstić information content (AvgIpc) is 2.84. The van der Waals surface area contributed by atoms with Crippen molar-refractivity contribution in [2.75, 3.05) is 13.7 Å². The molecule has 3 rings (SSSR count). The van der Waals surface area contributed by atoms with E-state index in [9.17, 15) is 22.8 Å². The van der Waals surface area contributed by atoms with Crippen LogP contribution in [0.2, 0.25) is 0 Å². The number of carbonyl (C=O) groups is 2. The van der Waals surface area contributed by atoms with Gasteiger partial charge in [0.2, 0.25) is 0 Å². The molecule has 0 spiro atoms. The SMILES string of the molecule is CO[C@@](C(=O)N1CCCC[C@H]2C(=O)CC[C@@H]21)(c1ccccc1)C(F)(F)F. The van der Waals surface area contributed by atoms with Crippen molar-refractivity contribution in [2.24, 2.45) is 5.92 Å². The van der Waals surface area contributed by atoms with Crippen molar-refractivity contribution in [1.82, 2.24) is 4.90 Å². The number of rotatable bonds is 3. The quantitative estimate of drug-likeness (QED) is 0.820. The molecule has 142 valence electrons. The van der Waals surface area contributed by atoms with Gasteiger partial charge in [0.05, 0.1) is 0 Å². The van der Waals surface area contributed by atoms with E-state index in [2.05, 4.69) is 0 Å². The lowest BCUT2D eigenvalue weighted by molar-refractivity contribution is -0.271. The van der Waals surface area contributed by atoms with Crippen molar-refractivity contribution in [1.29, 1.82) is 0 Å². The number of nitrogens with zero attached hydrogens (tertiary/aromatic N) is 1. The molecule has 1 heterocycles. The van der Waals surface area contributed by atoms with Gasteiger partial charge in [0.15, 0.2) is 0 Å². The van der Waals surface area contributed by atoms with Crippen LogP contribution in [0.4, 0.5) is 13.2 Å². The Hall–Kier alpha value is -1.89. The molecule has 4 nitrogen and oxygen atoms in total. The van der Waals surface area contributed by atoms with E-state index in [1.165, 1.54) is 29.2 Å². The number of ketones is 1. The molecule has 3 atom stereocenters. The number of benzene rings is 1. The minimum absolute atomic E-state index is 0.0458. The Morgan fingerprint density at radius 1 is 1.15 bits per heavy atom. The highest BCUT2D eigenvalue weighted by atomic mass is 19.4. The number of Topliss-reactive ketones (excluding diaryl/α,β-unsaturated/α-hetero) is 1. The number of ether oxygens (including phenoxy) is 1. The first kappa shape index (κ1) is 18.9. The second-order valence-electron chi connectivity index (χ2n) is 6.92. The molecule has 0 N–H and O–H groups in total. The Balaban J connectivity index is 2.06. The lowest BCUT2D eigenvalue weighted by Crippen LogP contribution is -2.59. The predicted molar refractivity (Wildman–Crippen MR) is 88.3 cm³/mol. The molecule has 1 saturated heterocycles. The summed E-state index contributed by atoms with van der Waals surface area (Å²) >= 11 is 0. The van der Waals surface area contributed by atoms with Crippen molar-refractivity contribution in [3.63, 3.8) is 0 Å². The number of fused-ring (bicyclic) bond motifs is 1. The number of carbonyl (C=O) groups excluding carboxylic acids is 2. The van der Waals surface area contributed by atoms with Gasteiger partial charge in [-0.15, -0.1) is 0 Å². The number of amides is 1. The summed E-state index contributed by atoms with van der Waals surface area (Å²) in [6.45, 7) is 0.210. The largest absolute Gasteiger partial charge is 0.430 e. The van der Waals surface area contributed by atoms with Crippen LogP contribution in [0.1, 0.15) is 37.7 Å². The summed E-state index contributed by atoms with van der Waals surface area (Å²) in [5, 5.41) is 0. The number of hydrogen-bond acceptors (Lipinski definition) is 3. The zero-order valence-electron chi connectivity index (χ0n) is 14.6. The van der Waals surface area contributed by atoms with Crippen molar-refractivity contribution >= 4 is 11.7 Å². The van der Waals surface area contributed by atoms with E-state index in [0.717, 1.165) is 13.5 Å². The van der Waals surface area contributed by atoms with Crippen LogP contribution in [0, 0.1) is 5.92 Å². The Bertz CT molecular complexity index is 676. The summed E-state index contributed by atoms with van der Waals surface area (Å²) in [6, 6.07) is 6.52. The average molecular weight is 369 g/mol. The van der Waals surface area contributed by atoms with Crippen molar-refractivity contribution < 1.29 is 27.5 Å². The van der Waals surface area contributed by atoms with E-state index in [4.69, 9.17) is 4.74 Å². The second-order valence-corrected chi connectivity index (χ2v) is 6.92. The summed E-state index contributed by atoms with van der Waals surface area (Å²) in [7, 11) is 0.910. The molecule has 1 aromatic rings. The first-order chi connectivity index (χ1) is 12.3. The molecule has 0 unspecified atom stereocenters.